The molecular weight excluding hydrogens is 455 g/mol. The maximum atomic E-state index is 12.5. The zero-order valence-corrected chi connectivity index (χ0v) is 18.9. The Morgan fingerprint density at radius 1 is 1.30 bits per heavy atom. The van der Waals surface area contributed by atoms with Crippen LogP contribution in [0.4, 0.5) is 5.69 Å². The summed E-state index contributed by atoms with van der Waals surface area (Å²) in [5.41, 5.74) is 0.868. The standard InChI is InChI=1S/C19H32N6O.HI/c1-20-19(21-10-6-5-9-16-7-3-4-8-16)24-11-12-25(18(26)15-24)17-13-22-23(2)14-17;/h13-14,16H,3-12,15H2,1-2H3,(H,20,21);1H. The second-order valence-electron chi connectivity index (χ2n) is 7.46. The fraction of sp³-hybridized carbons (Fsp3) is 0.737. The summed E-state index contributed by atoms with van der Waals surface area (Å²) >= 11 is 0. The van der Waals surface area contributed by atoms with Crippen LogP contribution in [0.25, 0.3) is 0 Å². The number of carbonyl (C=O) groups excluding carboxylic acids is 1. The summed E-state index contributed by atoms with van der Waals surface area (Å²) in [5.74, 6) is 1.89. The van der Waals surface area contributed by atoms with Crippen LogP contribution in [0.3, 0.4) is 0 Å². The monoisotopic (exact) mass is 488 g/mol. The van der Waals surface area contributed by atoms with E-state index in [-0.39, 0.29) is 29.9 Å². The number of rotatable bonds is 6. The number of hydrogen-bond donors (Lipinski definition) is 1. The third-order valence-electron chi connectivity index (χ3n) is 5.53. The highest BCUT2D eigenvalue weighted by Gasteiger charge is 2.27. The third kappa shape index (κ3) is 6.08. The Morgan fingerprint density at radius 2 is 2.07 bits per heavy atom. The third-order valence-corrected chi connectivity index (χ3v) is 5.53. The molecule has 1 amide bonds. The molecular formula is C19H33IN6O. The Hall–Kier alpha value is -1.32. The molecule has 1 N–H and O–H groups in total. The summed E-state index contributed by atoms with van der Waals surface area (Å²) in [5, 5.41) is 7.59. The van der Waals surface area contributed by atoms with E-state index in [1.807, 2.05) is 18.1 Å². The van der Waals surface area contributed by atoms with Gasteiger partial charge in [0.15, 0.2) is 5.96 Å². The molecule has 1 saturated heterocycles. The van der Waals surface area contributed by atoms with Gasteiger partial charge in [-0.05, 0) is 12.3 Å². The van der Waals surface area contributed by atoms with Crippen molar-refractivity contribution in [1.82, 2.24) is 20.0 Å². The first-order valence-corrected chi connectivity index (χ1v) is 9.92. The van der Waals surface area contributed by atoms with Crippen molar-refractivity contribution in [2.45, 2.75) is 44.9 Å². The van der Waals surface area contributed by atoms with Crippen molar-refractivity contribution in [3.05, 3.63) is 12.4 Å². The molecule has 2 fully saturated rings. The molecule has 0 radical (unpaired) electrons. The van der Waals surface area contributed by atoms with Crippen LogP contribution >= 0.6 is 24.0 Å². The normalized spacial score (nSPS) is 18.7. The van der Waals surface area contributed by atoms with E-state index in [0.717, 1.165) is 30.7 Å². The molecule has 1 saturated carbocycles. The molecule has 27 heavy (non-hydrogen) atoms. The summed E-state index contributed by atoms with van der Waals surface area (Å²) in [7, 11) is 3.65. The maximum Gasteiger partial charge on any atom is 0.246 e. The molecule has 2 aliphatic rings. The Labute approximate surface area is 179 Å². The van der Waals surface area contributed by atoms with Crippen molar-refractivity contribution in [3.8, 4) is 0 Å². The van der Waals surface area contributed by atoms with Gasteiger partial charge in [-0.3, -0.25) is 14.5 Å². The number of piperazine rings is 1. The molecule has 1 aliphatic heterocycles. The molecule has 152 valence electrons. The van der Waals surface area contributed by atoms with Crippen LogP contribution in [0.15, 0.2) is 17.4 Å². The van der Waals surface area contributed by atoms with Gasteiger partial charge in [-0.2, -0.15) is 5.10 Å². The molecule has 8 heteroatoms. The lowest BCUT2D eigenvalue weighted by atomic mass is 10.0. The van der Waals surface area contributed by atoms with Crippen molar-refractivity contribution in [2.24, 2.45) is 18.0 Å². The Morgan fingerprint density at radius 3 is 2.70 bits per heavy atom. The molecule has 0 atom stereocenters. The average molecular weight is 488 g/mol. The number of aliphatic imine (C=N–C) groups is 1. The van der Waals surface area contributed by atoms with Crippen molar-refractivity contribution >= 4 is 41.5 Å². The highest BCUT2D eigenvalue weighted by molar-refractivity contribution is 14.0. The van der Waals surface area contributed by atoms with Gasteiger partial charge in [0.2, 0.25) is 5.91 Å². The van der Waals surface area contributed by atoms with Crippen molar-refractivity contribution in [3.63, 3.8) is 0 Å². The summed E-state index contributed by atoms with van der Waals surface area (Å²) in [6, 6.07) is 0. The number of anilines is 1. The Bertz CT molecular complexity index is 625. The number of guanidine groups is 1. The number of unbranched alkanes of at least 4 members (excludes halogenated alkanes) is 1. The minimum absolute atomic E-state index is 0. The number of nitrogens with one attached hydrogen (secondary N) is 1. The first kappa shape index (κ1) is 22.0. The molecule has 2 heterocycles. The smallest absolute Gasteiger partial charge is 0.246 e. The van der Waals surface area contributed by atoms with E-state index >= 15 is 0 Å². The largest absolute Gasteiger partial charge is 0.356 e. The molecule has 1 aromatic rings. The van der Waals surface area contributed by atoms with E-state index < -0.39 is 0 Å². The Balaban J connectivity index is 0.00000261. The van der Waals surface area contributed by atoms with E-state index in [9.17, 15) is 4.79 Å². The number of carbonyl (C=O) groups is 1. The van der Waals surface area contributed by atoms with Gasteiger partial charge in [-0.15, -0.1) is 24.0 Å². The van der Waals surface area contributed by atoms with E-state index in [1.165, 1.54) is 44.9 Å². The topological polar surface area (TPSA) is 65.8 Å². The van der Waals surface area contributed by atoms with E-state index in [4.69, 9.17) is 0 Å². The molecule has 1 aliphatic carbocycles. The zero-order valence-electron chi connectivity index (χ0n) is 16.6. The highest BCUT2D eigenvalue weighted by atomic mass is 127. The van der Waals surface area contributed by atoms with Crippen molar-refractivity contribution in [2.75, 3.05) is 38.1 Å². The quantitative estimate of drug-likeness (QED) is 0.290. The van der Waals surface area contributed by atoms with Gasteiger partial charge >= 0.3 is 0 Å². The molecule has 0 aromatic carbocycles. The van der Waals surface area contributed by atoms with Crippen LogP contribution < -0.4 is 10.2 Å². The zero-order chi connectivity index (χ0) is 18.4. The van der Waals surface area contributed by atoms with E-state index in [1.54, 1.807) is 22.8 Å². The second-order valence-corrected chi connectivity index (χ2v) is 7.46. The van der Waals surface area contributed by atoms with Gasteiger partial charge in [0, 0.05) is 39.9 Å². The van der Waals surface area contributed by atoms with E-state index in [0.29, 0.717) is 13.1 Å². The number of amides is 1. The van der Waals surface area contributed by atoms with Gasteiger partial charge in [-0.25, -0.2) is 0 Å². The first-order valence-electron chi connectivity index (χ1n) is 9.92. The van der Waals surface area contributed by atoms with Crippen LogP contribution in [0.5, 0.6) is 0 Å². The summed E-state index contributed by atoms with van der Waals surface area (Å²) in [6.45, 7) is 2.72. The lowest BCUT2D eigenvalue weighted by Gasteiger charge is -2.35. The minimum atomic E-state index is 0. The van der Waals surface area contributed by atoms with Crippen molar-refractivity contribution in [1.29, 1.82) is 0 Å². The lowest BCUT2D eigenvalue weighted by molar-refractivity contribution is -0.120. The SMILES string of the molecule is CN=C(NCCCCC1CCCC1)N1CCN(c2cnn(C)c2)C(=O)C1.I. The predicted octanol–water partition coefficient (Wildman–Crippen LogP) is 2.62. The first-order chi connectivity index (χ1) is 12.7. The van der Waals surface area contributed by atoms with Crippen LogP contribution in [-0.4, -0.2) is 59.8 Å². The predicted molar refractivity (Wildman–Crippen MR) is 120 cm³/mol. The van der Waals surface area contributed by atoms with Crippen LogP contribution in [0.1, 0.15) is 44.9 Å². The fourth-order valence-electron chi connectivity index (χ4n) is 4.06. The minimum Gasteiger partial charge on any atom is -0.356 e. The second kappa shape index (κ2) is 10.9. The number of aryl methyl sites for hydroxylation is 1. The number of nitrogens with zero attached hydrogens (tertiary/aromatic N) is 5. The Kier molecular flexibility index (Phi) is 8.85. The fourth-order valence-corrected chi connectivity index (χ4v) is 4.06. The molecule has 0 unspecified atom stereocenters. The average Bonchev–Trinajstić information content (AvgIpc) is 3.30. The highest BCUT2D eigenvalue weighted by Crippen LogP contribution is 2.28. The molecule has 7 nitrogen and oxygen atoms in total. The summed E-state index contributed by atoms with van der Waals surface area (Å²) in [6.07, 6.45) is 13.1. The molecule has 0 spiro atoms. The summed E-state index contributed by atoms with van der Waals surface area (Å²) < 4.78 is 1.72. The van der Waals surface area contributed by atoms with E-state index in [2.05, 4.69) is 15.4 Å². The number of halogens is 1. The van der Waals surface area contributed by atoms with Crippen LogP contribution in [-0.2, 0) is 11.8 Å². The molecule has 3 rings (SSSR count). The van der Waals surface area contributed by atoms with Gasteiger partial charge in [0.05, 0.1) is 11.9 Å². The lowest BCUT2D eigenvalue weighted by Crippen LogP contribution is -2.55. The molecule has 0 bridgehead atoms. The van der Waals surface area contributed by atoms with Crippen LogP contribution in [0.2, 0.25) is 0 Å². The number of aromatic nitrogens is 2. The van der Waals surface area contributed by atoms with Gasteiger partial charge in [-0.1, -0.05) is 38.5 Å². The van der Waals surface area contributed by atoms with Gasteiger partial charge in [0.25, 0.3) is 0 Å². The maximum absolute atomic E-state index is 12.5. The van der Waals surface area contributed by atoms with Gasteiger partial charge < -0.3 is 15.1 Å². The van der Waals surface area contributed by atoms with Gasteiger partial charge in [0.1, 0.15) is 6.54 Å². The number of hydrogen-bond acceptors (Lipinski definition) is 3. The summed E-state index contributed by atoms with van der Waals surface area (Å²) in [4.78, 5) is 20.7. The van der Waals surface area contributed by atoms with Crippen molar-refractivity contribution < 1.29 is 4.79 Å². The molecule has 1 aromatic heterocycles. The van der Waals surface area contributed by atoms with Crippen LogP contribution in [0, 0.1) is 5.92 Å².